The molecule has 3 rings (SSSR count). The molecule has 1 heterocycles. The van der Waals surface area contributed by atoms with Crippen LogP contribution in [0.1, 0.15) is 12.5 Å². The third-order valence-electron chi connectivity index (χ3n) is 3.77. The standard InChI is InChI=1S/C20H15BrINO4S2/c1-2-26-17(24)11-27-18-14(21)8-12(9-15(18)22)10-16-19(25)23(20(28)29-16)13-6-4-3-5-7-13/h3-10H,2,11H2,1H3/b16-10+. The SMILES string of the molecule is CCOC(=O)COc1c(Br)cc(/C=C2/SC(=S)N(c3ccccc3)C2=O)cc1I. The Morgan fingerprint density at radius 3 is 2.69 bits per heavy atom. The summed E-state index contributed by atoms with van der Waals surface area (Å²) in [5.41, 5.74) is 1.56. The number of ether oxygens (including phenoxy) is 2. The van der Waals surface area contributed by atoms with Crippen molar-refractivity contribution in [1.29, 1.82) is 0 Å². The van der Waals surface area contributed by atoms with E-state index >= 15 is 0 Å². The van der Waals surface area contributed by atoms with Gasteiger partial charge in [-0.3, -0.25) is 9.69 Å². The van der Waals surface area contributed by atoms with E-state index in [9.17, 15) is 9.59 Å². The van der Waals surface area contributed by atoms with Crippen molar-refractivity contribution >= 4 is 90.5 Å². The number of nitrogens with zero attached hydrogens (tertiary/aromatic N) is 1. The molecule has 2 aromatic carbocycles. The lowest BCUT2D eigenvalue weighted by Crippen LogP contribution is -2.27. The van der Waals surface area contributed by atoms with Crippen LogP contribution < -0.4 is 9.64 Å². The molecule has 5 nitrogen and oxygen atoms in total. The summed E-state index contributed by atoms with van der Waals surface area (Å²) < 4.78 is 12.4. The van der Waals surface area contributed by atoms with Crippen LogP contribution >= 0.6 is 62.5 Å². The first-order valence-electron chi connectivity index (χ1n) is 8.51. The van der Waals surface area contributed by atoms with Crippen LogP contribution in [0.15, 0.2) is 51.8 Å². The Bertz CT molecular complexity index is 974. The van der Waals surface area contributed by atoms with Crippen LogP contribution in [0.25, 0.3) is 6.08 Å². The zero-order valence-corrected chi connectivity index (χ0v) is 20.6. The lowest BCUT2D eigenvalue weighted by Gasteiger charge is -2.14. The van der Waals surface area contributed by atoms with Crippen LogP contribution in [0.2, 0.25) is 0 Å². The van der Waals surface area contributed by atoms with Crippen molar-refractivity contribution in [1.82, 2.24) is 0 Å². The van der Waals surface area contributed by atoms with Crippen molar-refractivity contribution in [3.05, 3.63) is 61.0 Å². The third-order valence-corrected chi connectivity index (χ3v) is 6.46. The van der Waals surface area contributed by atoms with Gasteiger partial charge < -0.3 is 9.47 Å². The highest BCUT2D eigenvalue weighted by atomic mass is 127. The van der Waals surface area contributed by atoms with E-state index in [1.165, 1.54) is 16.7 Å². The molecule has 29 heavy (non-hydrogen) atoms. The second kappa shape index (κ2) is 10.1. The fourth-order valence-electron chi connectivity index (χ4n) is 2.55. The predicted octanol–water partition coefficient (Wildman–Crippen LogP) is 5.40. The van der Waals surface area contributed by atoms with E-state index in [2.05, 4.69) is 38.5 Å². The van der Waals surface area contributed by atoms with E-state index in [-0.39, 0.29) is 12.5 Å². The average molecular weight is 604 g/mol. The fraction of sp³-hybridized carbons (Fsp3) is 0.150. The van der Waals surface area contributed by atoms with Crippen LogP contribution in [-0.2, 0) is 14.3 Å². The quantitative estimate of drug-likeness (QED) is 0.191. The Hall–Kier alpha value is -1.43. The van der Waals surface area contributed by atoms with E-state index in [1.54, 1.807) is 13.0 Å². The number of amides is 1. The minimum Gasteiger partial charge on any atom is -0.480 e. The minimum absolute atomic E-state index is 0.153. The average Bonchev–Trinajstić information content (AvgIpc) is 2.95. The highest BCUT2D eigenvalue weighted by Gasteiger charge is 2.33. The maximum Gasteiger partial charge on any atom is 0.344 e. The molecular formula is C20H15BrINO4S2. The van der Waals surface area contributed by atoms with E-state index in [0.717, 1.165) is 14.8 Å². The maximum absolute atomic E-state index is 12.9. The molecular weight excluding hydrogens is 589 g/mol. The molecule has 1 fully saturated rings. The van der Waals surface area contributed by atoms with Crippen LogP contribution in [0.5, 0.6) is 5.75 Å². The number of anilines is 1. The molecule has 0 aliphatic carbocycles. The summed E-state index contributed by atoms with van der Waals surface area (Å²) in [6.45, 7) is 1.88. The van der Waals surface area contributed by atoms with Crippen LogP contribution in [-0.4, -0.2) is 29.4 Å². The molecule has 1 amide bonds. The van der Waals surface area contributed by atoms with Crippen molar-refractivity contribution in [2.45, 2.75) is 6.92 Å². The van der Waals surface area contributed by atoms with Gasteiger partial charge in [-0.05, 0) is 81.3 Å². The lowest BCUT2D eigenvalue weighted by molar-refractivity contribution is -0.145. The van der Waals surface area contributed by atoms with Gasteiger partial charge in [0.2, 0.25) is 0 Å². The Morgan fingerprint density at radius 2 is 2.03 bits per heavy atom. The summed E-state index contributed by atoms with van der Waals surface area (Å²) in [6.07, 6.45) is 1.80. The molecule has 9 heteroatoms. The van der Waals surface area contributed by atoms with Gasteiger partial charge in [-0.25, -0.2) is 4.79 Å². The molecule has 0 aromatic heterocycles. The Labute approximate surface area is 200 Å². The first kappa shape index (κ1) is 22.3. The molecule has 0 atom stereocenters. The van der Waals surface area contributed by atoms with E-state index < -0.39 is 5.97 Å². The number of carbonyl (C=O) groups is 2. The number of esters is 1. The lowest BCUT2D eigenvalue weighted by atomic mass is 10.2. The normalized spacial score (nSPS) is 15.1. The van der Waals surface area contributed by atoms with Crippen molar-refractivity contribution < 1.29 is 19.1 Å². The van der Waals surface area contributed by atoms with Crippen molar-refractivity contribution in [2.75, 3.05) is 18.1 Å². The van der Waals surface area contributed by atoms with Crippen molar-refractivity contribution in [2.24, 2.45) is 0 Å². The number of thioether (sulfide) groups is 1. The Kier molecular flexibility index (Phi) is 7.72. The summed E-state index contributed by atoms with van der Waals surface area (Å²) in [5.74, 6) is -0.0310. The number of benzene rings is 2. The molecule has 150 valence electrons. The molecule has 0 N–H and O–H groups in total. The molecule has 1 saturated heterocycles. The molecule has 0 bridgehead atoms. The van der Waals surface area contributed by atoms with Crippen molar-refractivity contribution in [3.63, 3.8) is 0 Å². The molecule has 1 aliphatic rings. The van der Waals surface area contributed by atoms with Crippen molar-refractivity contribution in [3.8, 4) is 5.75 Å². The highest BCUT2D eigenvalue weighted by Crippen LogP contribution is 2.38. The second-order valence-electron chi connectivity index (χ2n) is 5.76. The summed E-state index contributed by atoms with van der Waals surface area (Å²) >= 11 is 12.3. The smallest absolute Gasteiger partial charge is 0.344 e. The number of rotatable bonds is 6. The van der Waals surface area contributed by atoms with Gasteiger partial charge in [0.25, 0.3) is 5.91 Å². The van der Waals surface area contributed by atoms with Gasteiger partial charge in [0.15, 0.2) is 10.9 Å². The fourth-order valence-corrected chi connectivity index (χ4v) is 5.62. The zero-order chi connectivity index (χ0) is 21.0. The topological polar surface area (TPSA) is 55.8 Å². The summed E-state index contributed by atoms with van der Waals surface area (Å²) in [6, 6.07) is 13.0. The van der Waals surface area contributed by atoms with Gasteiger partial charge in [0.1, 0.15) is 5.75 Å². The summed E-state index contributed by atoms with van der Waals surface area (Å²) in [5, 5.41) is 0. The first-order chi connectivity index (χ1) is 13.9. The van der Waals surface area contributed by atoms with Crippen LogP contribution in [0, 0.1) is 3.57 Å². The first-order valence-corrected chi connectivity index (χ1v) is 11.6. The molecule has 1 aliphatic heterocycles. The number of hydrogen-bond acceptors (Lipinski definition) is 6. The van der Waals surface area contributed by atoms with E-state index in [4.69, 9.17) is 21.7 Å². The van der Waals surface area contributed by atoms with Gasteiger partial charge in [-0.1, -0.05) is 42.2 Å². The second-order valence-corrected chi connectivity index (χ2v) is 9.45. The maximum atomic E-state index is 12.9. The number of thiocarbonyl (C=S) groups is 1. The monoisotopic (exact) mass is 603 g/mol. The molecule has 0 spiro atoms. The van der Waals surface area contributed by atoms with Crippen LogP contribution in [0.3, 0.4) is 0 Å². The molecule has 0 radical (unpaired) electrons. The Morgan fingerprint density at radius 1 is 1.31 bits per heavy atom. The largest absolute Gasteiger partial charge is 0.480 e. The zero-order valence-electron chi connectivity index (χ0n) is 15.2. The molecule has 0 unspecified atom stereocenters. The number of hydrogen-bond donors (Lipinski definition) is 0. The molecule has 2 aromatic rings. The van der Waals surface area contributed by atoms with Gasteiger partial charge >= 0.3 is 5.97 Å². The Balaban J connectivity index is 1.81. The third kappa shape index (κ3) is 5.39. The van der Waals surface area contributed by atoms with Gasteiger partial charge in [0, 0.05) is 0 Å². The number of carbonyl (C=O) groups excluding carboxylic acids is 2. The van der Waals surface area contributed by atoms with Gasteiger partial charge in [-0.2, -0.15) is 0 Å². The predicted molar refractivity (Wildman–Crippen MR) is 131 cm³/mol. The number of halogens is 2. The summed E-state index contributed by atoms with van der Waals surface area (Å²) in [4.78, 5) is 26.4. The van der Waals surface area contributed by atoms with E-state index in [0.29, 0.717) is 26.1 Å². The highest BCUT2D eigenvalue weighted by molar-refractivity contribution is 14.1. The minimum atomic E-state index is -0.427. The van der Waals surface area contributed by atoms with Gasteiger partial charge in [0.05, 0.1) is 25.2 Å². The van der Waals surface area contributed by atoms with Crippen LogP contribution in [0.4, 0.5) is 5.69 Å². The summed E-state index contributed by atoms with van der Waals surface area (Å²) in [7, 11) is 0. The molecule has 0 saturated carbocycles. The van der Waals surface area contributed by atoms with Gasteiger partial charge in [-0.15, -0.1) is 0 Å². The van der Waals surface area contributed by atoms with E-state index in [1.807, 2.05) is 42.5 Å². The number of para-hydroxylation sites is 1.